The average molecular weight is 416 g/mol. The first-order valence-corrected chi connectivity index (χ1v) is 11.2. The number of nitrogens with zero attached hydrogens (tertiary/aromatic N) is 2. The Morgan fingerprint density at radius 2 is 1.90 bits per heavy atom. The Bertz CT molecular complexity index is 592. The molecule has 3 saturated heterocycles. The van der Waals surface area contributed by atoms with Crippen molar-refractivity contribution in [1.82, 2.24) is 15.1 Å². The number of esters is 1. The number of carbonyl (C=O) groups is 1. The molecular formula is C21H35F2N3O3. The minimum Gasteiger partial charge on any atom is -0.466 e. The Kier molecular flexibility index (Phi) is 6.17. The normalized spacial score (nSPS) is 38.4. The lowest BCUT2D eigenvalue weighted by atomic mass is 9.81. The van der Waals surface area contributed by atoms with Crippen LogP contribution in [0.4, 0.5) is 8.78 Å². The summed E-state index contributed by atoms with van der Waals surface area (Å²) in [4.78, 5) is 16.5. The highest BCUT2D eigenvalue weighted by Crippen LogP contribution is 2.45. The molecule has 29 heavy (non-hydrogen) atoms. The van der Waals surface area contributed by atoms with E-state index in [1.54, 1.807) is 7.11 Å². The lowest BCUT2D eigenvalue weighted by molar-refractivity contribution is -0.148. The molecule has 4 aliphatic rings. The second-order valence-electron chi connectivity index (χ2n) is 9.45. The fourth-order valence-corrected chi connectivity index (χ4v) is 6.05. The van der Waals surface area contributed by atoms with Gasteiger partial charge in [-0.1, -0.05) is 0 Å². The van der Waals surface area contributed by atoms with Crippen LogP contribution in [0.25, 0.3) is 0 Å². The van der Waals surface area contributed by atoms with Gasteiger partial charge in [0.15, 0.2) is 0 Å². The second kappa shape index (κ2) is 8.36. The zero-order chi connectivity index (χ0) is 20.6. The van der Waals surface area contributed by atoms with Crippen molar-refractivity contribution in [2.24, 2.45) is 5.92 Å². The van der Waals surface area contributed by atoms with Crippen LogP contribution in [0.5, 0.6) is 0 Å². The predicted molar refractivity (Wildman–Crippen MR) is 105 cm³/mol. The summed E-state index contributed by atoms with van der Waals surface area (Å²) in [5, 5.41) is 3.74. The number of likely N-dealkylation sites (tertiary alicyclic amines) is 2. The minimum absolute atomic E-state index is 0.0312. The molecule has 1 spiro atoms. The number of hydrogen-bond donors (Lipinski definition) is 1. The van der Waals surface area contributed by atoms with Gasteiger partial charge in [-0.2, -0.15) is 0 Å². The van der Waals surface area contributed by atoms with E-state index in [0.717, 1.165) is 51.6 Å². The van der Waals surface area contributed by atoms with Crippen LogP contribution in [0.2, 0.25) is 0 Å². The van der Waals surface area contributed by atoms with Gasteiger partial charge >= 0.3 is 5.97 Å². The van der Waals surface area contributed by atoms with E-state index in [4.69, 9.17) is 9.47 Å². The first-order valence-electron chi connectivity index (χ1n) is 11.2. The van der Waals surface area contributed by atoms with Crippen LogP contribution in [0.1, 0.15) is 51.9 Å². The molecule has 1 saturated carbocycles. The molecule has 3 unspecified atom stereocenters. The van der Waals surface area contributed by atoms with Crippen molar-refractivity contribution in [2.45, 2.75) is 81.6 Å². The highest BCUT2D eigenvalue weighted by atomic mass is 19.3. The summed E-state index contributed by atoms with van der Waals surface area (Å²) in [5.41, 5.74) is 0.0967. The Hall–Kier alpha value is -0.830. The monoisotopic (exact) mass is 415 g/mol. The molecule has 8 heteroatoms. The molecule has 166 valence electrons. The first-order chi connectivity index (χ1) is 13.8. The van der Waals surface area contributed by atoms with Crippen molar-refractivity contribution in [3.63, 3.8) is 0 Å². The van der Waals surface area contributed by atoms with E-state index < -0.39 is 5.92 Å². The van der Waals surface area contributed by atoms with Crippen molar-refractivity contribution in [2.75, 3.05) is 40.0 Å². The van der Waals surface area contributed by atoms with Crippen molar-refractivity contribution >= 4 is 5.97 Å². The number of hydrogen-bond acceptors (Lipinski definition) is 6. The number of alkyl halides is 2. The molecule has 3 heterocycles. The van der Waals surface area contributed by atoms with Gasteiger partial charge in [-0.3, -0.25) is 19.9 Å². The predicted octanol–water partition coefficient (Wildman–Crippen LogP) is 2.23. The Balaban J connectivity index is 1.24. The smallest absolute Gasteiger partial charge is 0.308 e. The third kappa shape index (κ3) is 4.45. The molecule has 1 aliphatic carbocycles. The first kappa shape index (κ1) is 21.4. The lowest BCUT2D eigenvalue weighted by Crippen LogP contribution is -2.69. The maximum atomic E-state index is 13.9. The van der Waals surface area contributed by atoms with Crippen LogP contribution in [0.15, 0.2) is 0 Å². The van der Waals surface area contributed by atoms with Crippen LogP contribution in [-0.4, -0.2) is 85.4 Å². The number of ether oxygens (including phenoxy) is 2. The summed E-state index contributed by atoms with van der Waals surface area (Å²) < 4.78 is 38.3. The number of rotatable bonds is 6. The molecule has 0 amide bonds. The molecule has 1 N–H and O–H groups in total. The van der Waals surface area contributed by atoms with Gasteiger partial charge in [-0.15, -0.1) is 0 Å². The van der Waals surface area contributed by atoms with E-state index in [1.807, 2.05) is 11.8 Å². The largest absolute Gasteiger partial charge is 0.466 e. The van der Waals surface area contributed by atoms with Crippen LogP contribution < -0.4 is 5.32 Å². The molecule has 0 aromatic rings. The van der Waals surface area contributed by atoms with Gasteiger partial charge in [0, 0.05) is 44.2 Å². The maximum absolute atomic E-state index is 13.9. The highest BCUT2D eigenvalue weighted by Gasteiger charge is 2.53. The molecule has 0 aromatic carbocycles. The quantitative estimate of drug-likeness (QED) is 0.672. The summed E-state index contributed by atoms with van der Waals surface area (Å²) in [6.07, 6.45) is 6.00. The Morgan fingerprint density at radius 3 is 2.55 bits per heavy atom. The van der Waals surface area contributed by atoms with Gasteiger partial charge in [-0.05, 0) is 45.4 Å². The molecule has 0 bridgehead atoms. The molecule has 4 atom stereocenters. The van der Waals surface area contributed by atoms with Gasteiger partial charge in [-0.25, -0.2) is 8.78 Å². The molecular weight excluding hydrogens is 380 g/mol. The van der Waals surface area contributed by atoms with Crippen molar-refractivity contribution < 1.29 is 23.0 Å². The van der Waals surface area contributed by atoms with Gasteiger partial charge in [0.25, 0.3) is 5.92 Å². The van der Waals surface area contributed by atoms with E-state index in [9.17, 15) is 13.6 Å². The zero-order valence-corrected chi connectivity index (χ0v) is 17.7. The topological polar surface area (TPSA) is 54.0 Å². The Morgan fingerprint density at radius 1 is 1.17 bits per heavy atom. The van der Waals surface area contributed by atoms with E-state index >= 15 is 0 Å². The van der Waals surface area contributed by atoms with E-state index in [2.05, 4.69) is 10.2 Å². The molecule has 6 nitrogen and oxygen atoms in total. The van der Waals surface area contributed by atoms with Gasteiger partial charge in [0.05, 0.1) is 31.8 Å². The summed E-state index contributed by atoms with van der Waals surface area (Å²) in [6, 6.07) is 0.0448. The third-order valence-electron chi connectivity index (χ3n) is 7.47. The standard InChI is InChI=1S/C21H35F2N3O3/c1-3-29-19(27)15-4-7-20(10-15)12-18(24-20)25-8-5-16(6-9-25)26-14-21(22,23)11-17(26)13-28-2/h15-18,24H,3-14H2,1-2H3/t15?,17-,18?,20?/m1/s1. The van der Waals surface area contributed by atoms with Crippen molar-refractivity contribution in [3.8, 4) is 0 Å². The fraction of sp³-hybridized carbons (Fsp3) is 0.952. The summed E-state index contributed by atoms with van der Waals surface area (Å²) in [7, 11) is 1.59. The Labute approximate surface area is 172 Å². The van der Waals surface area contributed by atoms with Gasteiger partial charge in [0.1, 0.15) is 0 Å². The van der Waals surface area contributed by atoms with Crippen molar-refractivity contribution in [3.05, 3.63) is 0 Å². The summed E-state index contributed by atoms with van der Waals surface area (Å²) in [5.74, 6) is -2.62. The zero-order valence-electron chi connectivity index (χ0n) is 17.7. The second-order valence-corrected chi connectivity index (χ2v) is 9.45. The fourth-order valence-electron chi connectivity index (χ4n) is 6.05. The number of nitrogens with one attached hydrogen (secondary N) is 1. The molecule has 4 rings (SSSR count). The average Bonchev–Trinajstić information content (AvgIpc) is 3.23. The van der Waals surface area contributed by atoms with E-state index in [0.29, 0.717) is 19.4 Å². The van der Waals surface area contributed by atoms with E-state index in [-0.39, 0.29) is 42.5 Å². The molecule has 0 radical (unpaired) electrons. The number of carbonyl (C=O) groups excluding carboxylic acids is 1. The summed E-state index contributed by atoms with van der Waals surface area (Å²) in [6.45, 7) is 4.41. The molecule has 3 aliphatic heterocycles. The van der Waals surface area contributed by atoms with E-state index in [1.165, 1.54) is 0 Å². The number of halogens is 2. The molecule has 4 fully saturated rings. The summed E-state index contributed by atoms with van der Waals surface area (Å²) >= 11 is 0. The third-order valence-corrected chi connectivity index (χ3v) is 7.47. The van der Waals surface area contributed by atoms with Crippen LogP contribution in [0.3, 0.4) is 0 Å². The van der Waals surface area contributed by atoms with Crippen molar-refractivity contribution in [1.29, 1.82) is 0 Å². The van der Waals surface area contributed by atoms with Gasteiger partial charge < -0.3 is 9.47 Å². The maximum Gasteiger partial charge on any atom is 0.308 e. The van der Waals surface area contributed by atoms with Crippen LogP contribution in [-0.2, 0) is 14.3 Å². The highest BCUT2D eigenvalue weighted by molar-refractivity contribution is 5.73. The minimum atomic E-state index is -2.60. The SMILES string of the molecule is CCOC(=O)C1CCC2(C1)CC(N1CCC(N3CC(F)(F)C[C@@H]3COC)CC1)N2. The van der Waals surface area contributed by atoms with Crippen LogP contribution in [0, 0.1) is 5.92 Å². The number of methoxy groups -OCH3 is 1. The molecule has 0 aromatic heterocycles. The lowest BCUT2D eigenvalue weighted by Gasteiger charge is -2.53. The van der Waals surface area contributed by atoms with Crippen LogP contribution >= 0.6 is 0 Å². The number of piperidine rings is 1. The van der Waals surface area contributed by atoms with Gasteiger partial charge in [0.2, 0.25) is 0 Å².